The van der Waals surface area contributed by atoms with E-state index in [2.05, 4.69) is 0 Å². The van der Waals surface area contributed by atoms with Gasteiger partial charge in [-0.1, -0.05) is 12.8 Å². The third-order valence-corrected chi connectivity index (χ3v) is 4.27. The summed E-state index contributed by atoms with van der Waals surface area (Å²) < 4.78 is 10.6. The summed E-state index contributed by atoms with van der Waals surface area (Å²) >= 11 is 0. The summed E-state index contributed by atoms with van der Waals surface area (Å²) in [6, 6.07) is 5.70. The lowest BCUT2D eigenvalue weighted by Crippen LogP contribution is -2.27. The summed E-state index contributed by atoms with van der Waals surface area (Å²) in [5.41, 5.74) is 1.00. The maximum atomic E-state index is 12.3. The normalized spacial score (nSPS) is 15.0. The molecule has 1 saturated carbocycles. The quantitative estimate of drug-likeness (QED) is 0.807. The highest BCUT2D eigenvalue weighted by Gasteiger charge is 2.21. The number of amides is 1. The van der Waals surface area contributed by atoms with Crippen molar-refractivity contribution in [1.29, 1.82) is 0 Å². The molecule has 0 unspecified atom stereocenters. The second-order valence-corrected chi connectivity index (χ2v) is 5.78. The van der Waals surface area contributed by atoms with E-state index >= 15 is 0 Å². The molecule has 1 amide bonds. The van der Waals surface area contributed by atoms with Gasteiger partial charge in [0.15, 0.2) is 0 Å². The molecule has 1 aliphatic carbocycles. The Morgan fingerprint density at radius 1 is 1.24 bits per heavy atom. The predicted octanol–water partition coefficient (Wildman–Crippen LogP) is 3.24. The highest BCUT2D eigenvalue weighted by molar-refractivity contribution is 5.76. The monoisotopic (exact) mass is 291 g/mol. The second kappa shape index (κ2) is 7.34. The summed E-state index contributed by atoms with van der Waals surface area (Å²) in [5, 5.41) is 0. The second-order valence-electron chi connectivity index (χ2n) is 5.78. The lowest BCUT2D eigenvalue weighted by atomic mass is 10.0. The van der Waals surface area contributed by atoms with Crippen molar-refractivity contribution in [3.8, 4) is 11.5 Å². The topological polar surface area (TPSA) is 38.8 Å². The average molecular weight is 291 g/mol. The smallest absolute Gasteiger partial charge is 0.222 e. The minimum atomic E-state index is 0.222. The highest BCUT2D eigenvalue weighted by atomic mass is 16.5. The van der Waals surface area contributed by atoms with Crippen LogP contribution in [0.4, 0.5) is 0 Å². The number of methoxy groups -OCH3 is 2. The van der Waals surface area contributed by atoms with E-state index in [1.807, 2.05) is 25.2 Å². The van der Waals surface area contributed by atoms with Crippen LogP contribution in [0.3, 0.4) is 0 Å². The molecule has 0 bridgehead atoms. The van der Waals surface area contributed by atoms with E-state index in [1.165, 1.54) is 25.7 Å². The van der Waals surface area contributed by atoms with Crippen LogP contribution in [0.2, 0.25) is 0 Å². The fraction of sp³-hybridized carbons (Fsp3) is 0.588. The lowest BCUT2D eigenvalue weighted by Gasteiger charge is -2.21. The Labute approximate surface area is 127 Å². The van der Waals surface area contributed by atoms with E-state index in [4.69, 9.17) is 9.47 Å². The van der Waals surface area contributed by atoms with Crippen LogP contribution in [-0.2, 0) is 11.3 Å². The molecule has 4 nitrogen and oxygen atoms in total. The van der Waals surface area contributed by atoms with Crippen molar-refractivity contribution in [1.82, 2.24) is 4.90 Å². The SMILES string of the molecule is COc1ccc(CN(C)C(=O)CC2CCCC2)c(OC)c1. The Morgan fingerprint density at radius 3 is 2.57 bits per heavy atom. The zero-order valence-electron chi connectivity index (χ0n) is 13.2. The van der Waals surface area contributed by atoms with Gasteiger partial charge in [-0.05, 0) is 30.9 Å². The molecule has 1 aromatic rings. The molecule has 116 valence electrons. The van der Waals surface area contributed by atoms with E-state index in [0.29, 0.717) is 18.9 Å². The van der Waals surface area contributed by atoms with Crippen LogP contribution in [0.15, 0.2) is 18.2 Å². The third-order valence-electron chi connectivity index (χ3n) is 4.27. The van der Waals surface area contributed by atoms with E-state index < -0.39 is 0 Å². The largest absolute Gasteiger partial charge is 0.497 e. The van der Waals surface area contributed by atoms with Crippen molar-refractivity contribution in [3.05, 3.63) is 23.8 Å². The molecule has 0 aromatic heterocycles. The number of nitrogens with zero attached hydrogens (tertiary/aromatic N) is 1. The molecule has 0 saturated heterocycles. The minimum absolute atomic E-state index is 0.222. The van der Waals surface area contributed by atoms with Crippen molar-refractivity contribution in [2.24, 2.45) is 5.92 Å². The number of benzene rings is 1. The molecule has 0 radical (unpaired) electrons. The number of rotatable bonds is 6. The van der Waals surface area contributed by atoms with Gasteiger partial charge in [-0.25, -0.2) is 0 Å². The van der Waals surface area contributed by atoms with Crippen LogP contribution >= 0.6 is 0 Å². The van der Waals surface area contributed by atoms with Crippen molar-refractivity contribution >= 4 is 5.91 Å². The first-order chi connectivity index (χ1) is 10.1. The fourth-order valence-electron chi connectivity index (χ4n) is 2.94. The van der Waals surface area contributed by atoms with Gasteiger partial charge < -0.3 is 14.4 Å². The molecule has 21 heavy (non-hydrogen) atoms. The molecular formula is C17H25NO3. The maximum Gasteiger partial charge on any atom is 0.222 e. The molecule has 0 atom stereocenters. The number of hydrogen-bond donors (Lipinski definition) is 0. The maximum absolute atomic E-state index is 12.3. The zero-order chi connectivity index (χ0) is 15.2. The molecule has 0 N–H and O–H groups in total. The fourth-order valence-corrected chi connectivity index (χ4v) is 2.94. The van der Waals surface area contributed by atoms with Crippen molar-refractivity contribution in [2.45, 2.75) is 38.6 Å². The average Bonchev–Trinajstić information content (AvgIpc) is 3.00. The van der Waals surface area contributed by atoms with Crippen molar-refractivity contribution < 1.29 is 14.3 Å². The van der Waals surface area contributed by atoms with Gasteiger partial charge in [-0.2, -0.15) is 0 Å². The third kappa shape index (κ3) is 4.13. The van der Waals surface area contributed by atoms with Gasteiger partial charge in [-0.3, -0.25) is 4.79 Å². The highest BCUT2D eigenvalue weighted by Crippen LogP contribution is 2.29. The molecule has 1 fully saturated rings. The van der Waals surface area contributed by atoms with E-state index in [-0.39, 0.29) is 5.91 Å². The summed E-state index contributed by atoms with van der Waals surface area (Å²) in [7, 11) is 5.13. The van der Waals surface area contributed by atoms with Crippen LogP contribution in [0.5, 0.6) is 11.5 Å². The standard InChI is InChI=1S/C17H25NO3/c1-18(17(19)10-13-6-4-5-7-13)12-14-8-9-15(20-2)11-16(14)21-3/h8-9,11,13H,4-7,10,12H2,1-3H3. The van der Waals surface area contributed by atoms with Gasteiger partial charge >= 0.3 is 0 Å². The number of ether oxygens (including phenoxy) is 2. The minimum Gasteiger partial charge on any atom is -0.497 e. The Kier molecular flexibility index (Phi) is 5.48. The summed E-state index contributed by atoms with van der Waals surface area (Å²) in [5.74, 6) is 2.32. The van der Waals surface area contributed by atoms with Gasteiger partial charge in [0.1, 0.15) is 11.5 Å². The molecule has 1 aliphatic rings. The lowest BCUT2D eigenvalue weighted by molar-refractivity contribution is -0.131. The Morgan fingerprint density at radius 2 is 1.95 bits per heavy atom. The van der Waals surface area contributed by atoms with E-state index in [0.717, 1.165) is 17.1 Å². The van der Waals surface area contributed by atoms with E-state index in [1.54, 1.807) is 19.1 Å². The van der Waals surface area contributed by atoms with Crippen LogP contribution in [0.25, 0.3) is 0 Å². The molecule has 0 heterocycles. The van der Waals surface area contributed by atoms with Gasteiger partial charge in [0.25, 0.3) is 0 Å². The molecule has 0 spiro atoms. The molecular weight excluding hydrogens is 266 g/mol. The Hall–Kier alpha value is -1.71. The van der Waals surface area contributed by atoms with Crippen LogP contribution in [0.1, 0.15) is 37.7 Å². The zero-order valence-corrected chi connectivity index (χ0v) is 13.2. The van der Waals surface area contributed by atoms with Gasteiger partial charge in [0.2, 0.25) is 5.91 Å². The van der Waals surface area contributed by atoms with Crippen molar-refractivity contribution in [2.75, 3.05) is 21.3 Å². The summed E-state index contributed by atoms with van der Waals surface area (Å²) in [6.07, 6.45) is 5.62. The van der Waals surface area contributed by atoms with Gasteiger partial charge in [0, 0.05) is 31.6 Å². The summed E-state index contributed by atoms with van der Waals surface area (Å²) in [4.78, 5) is 14.1. The number of hydrogen-bond acceptors (Lipinski definition) is 3. The van der Waals surface area contributed by atoms with Gasteiger partial charge in [-0.15, -0.1) is 0 Å². The first-order valence-corrected chi connectivity index (χ1v) is 7.59. The van der Waals surface area contributed by atoms with Crippen LogP contribution < -0.4 is 9.47 Å². The number of carbonyl (C=O) groups is 1. The Balaban J connectivity index is 1.97. The molecule has 1 aromatic carbocycles. The van der Waals surface area contributed by atoms with Crippen LogP contribution in [-0.4, -0.2) is 32.1 Å². The number of carbonyl (C=O) groups excluding carboxylic acids is 1. The Bertz CT molecular complexity index is 481. The summed E-state index contributed by atoms with van der Waals surface area (Å²) in [6.45, 7) is 0.568. The molecule has 2 rings (SSSR count). The van der Waals surface area contributed by atoms with E-state index in [9.17, 15) is 4.79 Å². The first-order valence-electron chi connectivity index (χ1n) is 7.59. The van der Waals surface area contributed by atoms with Gasteiger partial charge in [0.05, 0.1) is 14.2 Å². The first kappa shape index (κ1) is 15.7. The van der Waals surface area contributed by atoms with Crippen molar-refractivity contribution in [3.63, 3.8) is 0 Å². The van der Waals surface area contributed by atoms with Crippen LogP contribution in [0, 0.1) is 5.92 Å². The molecule has 0 aliphatic heterocycles. The predicted molar refractivity (Wildman–Crippen MR) is 82.6 cm³/mol. The molecule has 4 heteroatoms.